The van der Waals surface area contributed by atoms with E-state index in [2.05, 4.69) is 26.0 Å². The first-order valence-electron chi connectivity index (χ1n) is 22.4. The highest BCUT2D eigenvalue weighted by Crippen LogP contribution is 2.38. The van der Waals surface area contributed by atoms with Crippen molar-refractivity contribution in [3.63, 3.8) is 0 Å². The first-order valence-corrected chi connectivity index (χ1v) is 23.9. The fraction of sp³-hybridized carbons (Fsp3) is 0.909. The largest absolute Gasteiger partial charge is 0.756 e. The van der Waals surface area contributed by atoms with Crippen molar-refractivity contribution in [3.05, 3.63) is 12.2 Å². The number of ether oxygens (including phenoxy) is 2. The highest BCUT2D eigenvalue weighted by Gasteiger charge is 2.21. The fourth-order valence-electron chi connectivity index (χ4n) is 6.22. The summed E-state index contributed by atoms with van der Waals surface area (Å²) in [6.45, 7) is 4.22. The summed E-state index contributed by atoms with van der Waals surface area (Å²) >= 11 is 0. The van der Waals surface area contributed by atoms with Crippen LogP contribution in [0.1, 0.15) is 206 Å². The highest BCUT2D eigenvalue weighted by atomic mass is 31.2. The molecule has 0 aliphatic rings. The summed E-state index contributed by atoms with van der Waals surface area (Å²) in [7, 11) is 1.17. The molecular weight excluding hydrogens is 701 g/mol. The second kappa shape index (κ2) is 37.3. The van der Waals surface area contributed by atoms with Crippen LogP contribution in [0.15, 0.2) is 12.2 Å². The predicted molar refractivity (Wildman–Crippen MR) is 222 cm³/mol. The van der Waals surface area contributed by atoms with Crippen LogP contribution in [0, 0.1) is 0 Å². The van der Waals surface area contributed by atoms with Crippen LogP contribution in [0.25, 0.3) is 0 Å². The molecule has 1 unspecified atom stereocenters. The molecule has 0 amide bonds. The number of carbonyl (C=O) groups excluding carboxylic acids is 2. The maximum atomic E-state index is 12.7. The molecule has 10 heteroatoms. The van der Waals surface area contributed by atoms with Crippen molar-refractivity contribution in [3.8, 4) is 0 Å². The third kappa shape index (κ3) is 40.4. The van der Waals surface area contributed by atoms with E-state index >= 15 is 0 Å². The van der Waals surface area contributed by atoms with Crippen LogP contribution in [0.4, 0.5) is 0 Å². The number of phosphoric ester groups is 1. The molecule has 0 aromatic carbocycles. The van der Waals surface area contributed by atoms with E-state index < -0.39 is 26.5 Å². The van der Waals surface area contributed by atoms with Crippen molar-refractivity contribution >= 4 is 19.8 Å². The van der Waals surface area contributed by atoms with Crippen molar-refractivity contribution < 1.29 is 42.1 Å². The maximum Gasteiger partial charge on any atom is 0.306 e. The maximum absolute atomic E-state index is 12.7. The van der Waals surface area contributed by atoms with Crippen molar-refractivity contribution in [2.45, 2.75) is 213 Å². The van der Waals surface area contributed by atoms with Gasteiger partial charge < -0.3 is 27.9 Å². The Morgan fingerprint density at radius 1 is 0.556 bits per heavy atom. The molecule has 0 spiro atoms. The molecule has 0 aromatic rings. The van der Waals surface area contributed by atoms with Gasteiger partial charge in [-0.25, -0.2) is 0 Å². The van der Waals surface area contributed by atoms with Gasteiger partial charge in [-0.1, -0.05) is 174 Å². The number of phosphoric acid groups is 1. The lowest BCUT2D eigenvalue weighted by molar-refractivity contribution is -0.870. The Bertz CT molecular complexity index is 938. The van der Waals surface area contributed by atoms with Crippen molar-refractivity contribution in [1.82, 2.24) is 0 Å². The Balaban J connectivity index is 4.32. The first kappa shape index (κ1) is 52.8. The number of hydrogen-bond acceptors (Lipinski definition) is 8. The van der Waals surface area contributed by atoms with E-state index in [1.807, 2.05) is 21.1 Å². The third-order valence-corrected chi connectivity index (χ3v) is 10.7. The number of rotatable bonds is 41. The summed E-state index contributed by atoms with van der Waals surface area (Å²) in [5.41, 5.74) is 0. The molecule has 9 nitrogen and oxygen atoms in total. The molecule has 0 fully saturated rings. The Morgan fingerprint density at radius 2 is 0.963 bits per heavy atom. The van der Waals surface area contributed by atoms with Gasteiger partial charge in [0.05, 0.1) is 27.7 Å². The predicted octanol–water partition coefficient (Wildman–Crippen LogP) is 11.9. The lowest BCUT2D eigenvalue weighted by Gasteiger charge is -2.28. The van der Waals surface area contributed by atoms with Crippen molar-refractivity contribution in [2.75, 3.05) is 47.5 Å². The minimum absolute atomic E-state index is 0.0278. The van der Waals surface area contributed by atoms with E-state index in [0.717, 1.165) is 32.1 Å². The summed E-state index contributed by atoms with van der Waals surface area (Å²) in [5.74, 6) is -0.827. The smallest absolute Gasteiger partial charge is 0.306 e. The van der Waals surface area contributed by atoms with Gasteiger partial charge in [-0.3, -0.25) is 14.2 Å². The molecule has 54 heavy (non-hydrogen) atoms. The average Bonchev–Trinajstić information content (AvgIpc) is 3.12. The van der Waals surface area contributed by atoms with Crippen LogP contribution >= 0.6 is 7.82 Å². The molecule has 0 aliphatic heterocycles. The quantitative estimate of drug-likeness (QED) is 0.0198. The number of nitrogens with zero attached hydrogens (tertiary/aromatic N) is 1. The molecule has 0 saturated heterocycles. The number of carbonyl (C=O) groups is 2. The number of allylic oxidation sites excluding steroid dienone is 2. The lowest BCUT2D eigenvalue weighted by Crippen LogP contribution is -2.37. The summed E-state index contributed by atoms with van der Waals surface area (Å²) < 4.78 is 33.9. The Labute approximate surface area is 333 Å². The molecule has 0 saturated carbocycles. The van der Waals surface area contributed by atoms with Crippen LogP contribution in [-0.4, -0.2) is 70.0 Å². The van der Waals surface area contributed by atoms with Gasteiger partial charge in [0, 0.05) is 12.8 Å². The Hall–Kier alpha value is -1.25. The normalized spacial score (nSPS) is 13.7. The Kier molecular flexibility index (Phi) is 36.5. The summed E-state index contributed by atoms with van der Waals surface area (Å²) in [4.78, 5) is 37.5. The van der Waals surface area contributed by atoms with Gasteiger partial charge in [-0.05, 0) is 32.1 Å². The van der Waals surface area contributed by atoms with Gasteiger partial charge in [-0.2, -0.15) is 0 Å². The third-order valence-electron chi connectivity index (χ3n) is 9.79. The van der Waals surface area contributed by atoms with Crippen LogP contribution < -0.4 is 4.89 Å². The zero-order valence-corrected chi connectivity index (χ0v) is 36.8. The van der Waals surface area contributed by atoms with Gasteiger partial charge >= 0.3 is 11.9 Å². The summed E-state index contributed by atoms with van der Waals surface area (Å²) in [5, 5.41) is 0. The second-order valence-corrected chi connectivity index (χ2v) is 17.8. The van der Waals surface area contributed by atoms with Gasteiger partial charge in [-0.15, -0.1) is 0 Å². The van der Waals surface area contributed by atoms with Gasteiger partial charge in [0.25, 0.3) is 7.82 Å². The molecule has 0 rings (SSSR count). The zero-order valence-electron chi connectivity index (χ0n) is 35.9. The monoisotopic (exact) mass is 788 g/mol. The van der Waals surface area contributed by atoms with Crippen LogP contribution in [0.3, 0.4) is 0 Å². The number of likely N-dealkylation sites (N-methyl/N-ethyl adjacent to an activating group) is 1. The number of hydrogen-bond donors (Lipinski definition) is 0. The standard InChI is InChI=1S/C44H86NO8P/c1-6-8-10-12-14-16-18-20-22-24-26-28-30-32-34-36-43(46)50-40-42(41-52-54(48,49)51-39-38-45(3,4)5)53-44(47)37-35-33-31-29-27-25-23-21-19-17-15-13-11-9-7-2/h12,14,42H,6-11,13,15-41H2,1-5H3/b14-12+/t42-/m1/s1. The lowest BCUT2D eigenvalue weighted by atomic mass is 10.0. The zero-order chi connectivity index (χ0) is 40.0. The molecule has 0 aromatic heterocycles. The fourth-order valence-corrected chi connectivity index (χ4v) is 6.95. The highest BCUT2D eigenvalue weighted by molar-refractivity contribution is 7.45. The van der Waals surface area contributed by atoms with E-state index in [0.29, 0.717) is 17.4 Å². The molecule has 0 N–H and O–H groups in total. The topological polar surface area (TPSA) is 111 Å². The minimum atomic E-state index is -4.62. The molecular formula is C44H86NO8P. The van der Waals surface area contributed by atoms with E-state index in [1.54, 1.807) is 0 Å². The average molecular weight is 788 g/mol. The molecule has 0 aliphatic carbocycles. The van der Waals surface area contributed by atoms with Gasteiger partial charge in [0.1, 0.15) is 19.8 Å². The van der Waals surface area contributed by atoms with Crippen LogP contribution in [0.2, 0.25) is 0 Å². The minimum Gasteiger partial charge on any atom is -0.756 e. The number of quaternary nitrogens is 1. The SMILES string of the molecule is CCCC/C=C/CCCCCCCCCCCC(=O)OC[C@H](COP(=O)([O-])OCC[N+](C)(C)C)OC(=O)CCCCCCCCCCCCCCCCC. The van der Waals surface area contributed by atoms with Crippen molar-refractivity contribution in [1.29, 1.82) is 0 Å². The molecule has 2 atom stereocenters. The van der Waals surface area contributed by atoms with E-state index in [4.69, 9.17) is 18.5 Å². The summed E-state index contributed by atoms with van der Waals surface area (Å²) in [6, 6.07) is 0. The second-order valence-electron chi connectivity index (χ2n) is 16.4. The van der Waals surface area contributed by atoms with E-state index in [1.165, 1.54) is 141 Å². The molecule has 0 bridgehead atoms. The number of unbranched alkanes of at least 4 members (excludes halogenated alkanes) is 25. The molecule has 0 radical (unpaired) electrons. The summed E-state index contributed by atoms with van der Waals surface area (Å²) in [6.07, 6.45) is 38.0. The van der Waals surface area contributed by atoms with E-state index in [9.17, 15) is 19.0 Å². The Morgan fingerprint density at radius 3 is 1.43 bits per heavy atom. The first-order chi connectivity index (χ1) is 26.0. The van der Waals surface area contributed by atoms with Crippen LogP contribution in [0.5, 0.6) is 0 Å². The van der Waals surface area contributed by atoms with Gasteiger partial charge in [0.2, 0.25) is 0 Å². The van der Waals surface area contributed by atoms with Crippen LogP contribution in [-0.2, 0) is 32.7 Å². The van der Waals surface area contributed by atoms with Gasteiger partial charge in [0.15, 0.2) is 6.10 Å². The van der Waals surface area contributed by atoms with E-state index in [-0.39, 0.29) is 32.0 Å². The number of esters is 2. The van der Waals surface area contributed by atoms with Crippen molar-refractivity contribution in [2.24, 2.45) is 0 Å². The molecule has 0 heterocycles. The molecule has 320 valence electrons.